The molecule has 1 saturated carbocycles. The summed E-state index contributed by atoms with van der Waals surface area (Å²) >= 11 is 0. The average Bonchev–Trinajstić information content (AvgIpc) is 3.29. The van der Waals surface area contributed by atoms with Crippen LogP contribution in [0.5, 0.6) is 0 Å². The fraction of sp³-hybridized carbons (Fsp3) is 0.556. The van der Waals surface area contributed by atoms with Crippen molar-refractivity contribution in [3.63, 3.8) is 0 Å². The highest BCUT2D eigenvalue weighted by Crippen LogP contribution is 2.38. The van der Waals surface area contributed by atoms with Gasteiger partial charge in [0.15, 0.2) is 17.4 Å². The average molecular weight is 357 g/mol. The lowest BCUT2D eigenvalue weighted by atomic mass is 9.84. The summed E-state index contributed by atoms with van der Waals surface area (Å²) in [6.45, 7) is 1.09. The molecule has 3 rings (SSSR count). The van der Waals surface area contributed by atoms with Crippen LogP contribution in [0, 0.1) is 5.41 Å². The molecule has 0 bridgehead atoms. The molecule has 1 fully saturated rings. The van der Waals surface area contributed by atoms with Crippen molar-refractivity contribution in [3.8, 4) is 0 Å². The third kappa shape index (κ3) is 3.63. The lowest BCUT2D eigenvalue weighted by molar-refractivity contribution is -0.138. The van der Waals surface area contributed by atoms with E-state index in [1.807, 2.05) is 42.9 Å². The summed E-state index contributed by atoms with van der Waals surface area (Å²) in [6, 6.07) is 5.80. The van der Waals surface area contributed by atoms with Crippen molar-refractivity contribution in [1.82, 2.24) is 30.1 Å². The summed E-state index contributed by atoms with van der Waals surface area (Å²) < 4.78 is 1.94. The van der Waals surface area contributed by atoms with Gasteiger partial charge in [0.1, 0.15) is 0 Å². The van der Waals surface area contributed by atoms with Gasteiger partial charge in [-0.2, -0.15) is 0 Å². The van der Waals surface area contributed by atoms with Crippen molar-refractivity contribution in [2.24, 2.45) is 10.4 Å². The van der Waals surface area contributed by atoms with E-state index in [1.54, 1.807) is 11.9 Å². The number of fused-ring (bicyclic) bond motifs is 1. The highest BCUT2D eigenvalue weighted by Gasteiger charge is 2.42. The summed E-state index contributed by atoms with van der Waals surface area (Å²) in [5.41, 5.74) is 0.483. The first-order valence-corrected chi connectivity index (χ1v) is 9.01. The summed E-state index contributed by atoms with van der Waals surface area (Å²) in [5.74, 6) is 1.67. The molecule has 2 aromatic rings. The van der Waals surface area contributed by atoms with Crippen molar-refractivity contribution in [1.29, 1.82) is 0 Å². The molecule has 140 valence electrons. The van der Waals surface area contributed by atoms with Gasteiger partial charge in [0.05, 0.1) is 12.0 Å². The van der Waals surface area contributed by atoms with Crippen LogP contribution in [0.3, 0.4) is 0 Å². The highest BCUT2D eigenvalue weighted by atomic mass is 16.2. The molecule has 0 aromatic carbocycles. The maximum Gasteiger partial charge on any atom is 0.230 e. The van der Waals surface area contributed by atoms with Crippen LogP contribution < -0.4 is 10.6 Å². The SMILES string of the molecule is CN=C(NCc1nnc2ccccn12)NCC1(C(=O)N(C)C)CCCC1. The van der Waals surface area contributed by atoms with Gasteiger partial charge in [0, 0.05) is 33.9 Å². The Labute approximate surface area is 153 Å². The lowest BCUT2D eigenvalue weighted by Crippen LogP contribution is -2.49. The van der Waals surface area contributed by atoms with E-state index in [9.17, 15) is 4.79 Å². The van der Waals surface area contributed by atoms with Crippen molar-refractivity contribution in [2.45, 2.75) is 32.2 Å². The van der Waals surface area contributed by atoms with Crippen LogP contribution in [0.1, 0.15) is 31.5 Å². The van der Waals surface area contributed by atoms with E-state index in [2.05, 4.69) is 25.8 Å². The Morgan fingerprint density at radius 1 is 1.27 bits per heavy atom. The molecule has 0 saturated heterocycles. The first-order chi connectivity index (χ1) is 12.6. The number of aliphatic imine (C=N–C) groups is 1. The summed E-state index contributed by atoms with van der Waals surface area (Å²) in [6.07, 6.45) is 5.97. The molecule has 1 aliphatic carbocycles. The number of carbonyl (C=O) groups excluding carboxylic acids is 1. The van der Waals surface area contributed by atoms with Crippen LogP contribution in [0.15, 0.2) is 29.4 Å². The van der Waals surface area contributed by atoms with Gasteiger partial charge in [0.2, 0.25) is 5.91 Å². The number of rotatable bonds is 5. The standard InChI is InChI=1S/C18H27N7O/c1-19-17(20-12-15-23-22-14-8-4-7-11-25(14)15)21-13-18(9-5-6-10-18)16(26)24(2)3/h4,7-8,11H,5-6,9-10,12-13H2,1-3H3,(H2,19,20,21). The number of hydrogen-bond donors (Lipinski definition) is 2. The number of aromatic nitrogens is 3. The zero-order chi connectivity index (χ0) is 18.6. The van der Waals surface area contributed by atoms with E-state index in [0.29, 0.717) is 19.0 Å². The number of nitrogens with zero attached hydrogens (tertiary/aromatic N) is 5. The van der Waals surface area contributed by atoms with Crippen molar-refractivity contribution < 1.29 is 4.79 Å². The topological polar surface area (TPSA) is 86.9 Å². The number of amides is 1. The van der Waals surface area contributed by atoms with Gasteiger partial charge >= 0.3 is 0 Å². The van der Waals surface area contributed by atoms with E-state index in [1.165, 1.54) is 0 Å². The van der Waals surface area contributed by atoms with Gasteiger partial charge in [-0.15, -0.1) is 10.2 Å². The number of hydrogen-bond acceptors (Lipinski definition) is 4. The molecule has 1 amide bonds. The molecule has 2 N–H and O–H groups in total. The number of nitrogens with one attached hydrogen (secondary N) is 2. The van der Waals surface area contributed by atoms with Gasteiger partial charge in [-0.3, -0.25) is 14.2 Å². The maximum atomic E-state index is 12.7. The monoisotopic (exact) mass is 357 g/mol. The van der Waals surface area contributed by atoms with Crippen LogP contribution in [-0.2, 0) is 11.3 Å². The predicted octanol–water partition coefficient (Wildman–Crippen LogP) is 1.04. The fourth-order valence-corrected chi connectivity index (χ4v) is 3.64. The summed E-state index contributed by atoms with van der Waals surface area (Å²) in [5, 5.41) is 15.0. The Bertz CT molecular complexity index is 790. The molecule has 0 spiro atoms. The van der Waals surface area contributed by atoms with Gasteiger partial charge in [0.25, 0.3) is 0 Å². The highest BCUT2D eigenvalue weighted by molar-refractivity contribution is 5.85. The van der Waals surface area contributed by atoms with Crippen molar-refractivity contribution in [2.75, 3.05) is 27.7 Å². The van der Waals surface area contributed by atoms with Crippen LogP contribution in [0.2, 0.25) is 0 Å². The van der Waals surface area contributed by atoms with E-state index < -0.39 is 0 Å². The molecule has 0 unspecified atom stereocenters. The molecule has 0 radical (unpaired) electrons. The van der Waals surface area contributed by atoms with E-state index in [0.717, 1.165) is 37.2 Å². The van der Waals surface area contributed by atoms with Crippen LogP contribution in [0.4, 0.5) is 0 Å². The largest absolute Gasteiger partial charge is 0.355 e. The Kier molecular flexibility index (Phi) is 5.39. The quantitative estimate of drug-likeness (QED) is 0.617. The van der Waals surface area contributed by atoms with Crippen LogP contribution in [-0.4, -0.2) is 59.1 Å². The second kappa shape index (κ2) is 7.72. The second-order valence-corrected chi connectivity index (χ2v) is 7.01. The minimum absolute atomic E-state index is 0.196. The Morgan fingerprint density at radius 2 is 2.04 bits per heavy atom. The normalized spacial score (nSPS) is 16.7. The van der Waals surface area contributed by atoms with Crippen LogP contribution in [0.25, 0.3) is 5.65 Å². The first kappa shape index (κ1) is 18.2. The van der Waals surface area contributed by atoms with Gasteiger partial charge in [-0.25, -0.2) is 0 Å². The number of guanidine groups is 1. The molecule has 8 heteroatoms. The predicted molar refractivity (Wildman–Crippen MR) is 101 cm³/mol. The summed E-state index contributed by atoms with van der Waals surface area (Å²) in [4.78, 5) is 18.6. The molecule has 1 aliphatic rings. The van der Waals surface area contributed by atoms with Crippen molar-refractivity contribution in [3.05, 3.63) is 30.2 Å². The Balaban J connectivity index is 1.62. The Hall–Kier alpha value is -2.64. The zero-order valence-electron chi connectivity index (χ0n) is 15.7. The first-order valence-electron chi connectivity index (χ1n) is 9.01. The van der Waals surface area contributed by atoms with Gasteiger partial charge < -0.3 is 15.5 Å². The zero-order valence-corrected chi connectivity index (χ0v) is 15.7. The van der Waals surface area contributed by atoms with E-state index in [4.69, 9.17) is 0 Å². The third-order valence-electron chi connectivity index (χ3n) is 5.04. The molecular weight excluding hydrogens is 330 g/mol. The lowest BCUT2D eigenvalue weighted by Gasteiger charge is -2.31. The van der Waals surface area contributed by atoms with E-state index in [-0.39, 0.29) is 11.3 Å². The molecule has 26 heavy (non-hydrogen) atoms. The van der Waals surface area contributed by atoms with Crippen molar-refractivity contribution >= 4 is 17.5 Å². The molecule has 8 nitrogen and oxygen atoms in total. The Morgan fingerprint density at radius 3 is 2.73 bits per heavy atom. The van der Waals surface area contributed by atoms with Gasteiger partial charge in [-0.1, -0.05) is 18.9 Å². The second-order valence-electron chi connectivity index (χ2n) is 7.01. The van der Waals surface area contributed by atoms with Gasteiger partial charge in [-0.05, 0) is 25.0 Å². The third-order valence-corrected chi connectivity index (χ3v) is 5.04. The van der Waals surface area contributed by atoms with Crippen LogP contribution >= 0.6 is 0 Å². The molecule has 0 aliphatic heterocycles. The smallest absolute Gasteiger partial charge is 0.230 e. The minimum Gasteiger partial charge on any atom is -0.355 e. The minimum atomic E-state index is -0.331. The maximum absolute atomic E-state index is 12.7. The molecule has 0 atom stereocenters. The molecule has 2 aromatic heterocycles. The number of carbonyl (C=O) groups is 1. The fourth-order valence-electron chi connectivity index (χ4n) is 3.64. The van der Waals surface area contributed by atoms with E-state index >= 15 is 0 Å². The molecule has 2 heterocycles. The molecular formula is C18H27N7O. The number of pyridine rings is 1. The summed E-state index contributed by atoms with van der Waals surface area (Å²) in [7, 11) is 5.38.